The molecule has 6 nitrogen and oxygen atoms in total. The van der Waals surface area contributed by atoms with E-state index < -0.39 is 0 Å². The molecule has 0 aliphatic rings. The van der Waals surface area contributed by atoms with Gasteiger partial charge in [-0.1, -0.05) is 20.8 Å². The van der Waals surface area contributed by atoms with Gasteiger partial charge in [0, 0.05) is 17.0 Å². The predicted octanol–water partition coefficient (Wildman–Crippen LogP) is 1.96. The standard InChI is InChI=1S/C13H18N4O2S/c1-13(2,3)9-8-20-11(15-9)7-19-12(18)6-17-5-4-10(14)16-17/h4-5,8H,6-7H2,1-3H3,(H2,14,16). The Kier molecular flexibility index (Phi) is 4.08. The zero-order valence-electron chi connectivity index (χ0n) is 11.8. The second-order valence-corrected chi connectivity index (χ2v) is 6.42. The third-order valence-electron chi connectivity index (χ3n) is 2.63. The predicted molar refractivity (Wildman–Crippen MR) is 77.2 cm³/mol. The van der Waals surface area contributed by atoms with Crippen molar-refractivity contribution in [3.05, 3.63) is 28.3 Å². The van der Waals surface area contributed by atoms with Gasteiger partial charge in [0.1, 0.15) is 24.0 Å². The fraction of sp³-hybridized carbons (Fsp3) is 0.462. The highest BCUT2D eigenvalue weighted by Gasteiger charge is 2.17. The molecule has 108 valence electrons. The van der Waals surface area contributed by atoms with E-state index in [4.69, 9.17) is 10.5 Å². The Bertz CT molecular complexity index is 598. The zero-order valence-corrected chi connectivity index (χ0v) is 12.6. The lowest BCUT2D eigenvalue weighted by molar-refractivity contribution is -0.145. The van der Waals surface area contributed by atoms with Crippen LogP contribution in [0.4, 0.5) is 5.82 Å². The van der Waals surface area contributed by atoms with E-state index in [2.05, 4.69) is 30.9 Å². The van der Waals surface area contributed by atoms with Crippen molar-refractivity contribution in [3.8, 4) is 0 Å². The van der Waals surface area contributed by atoms with Gasteiger partial charge in [-0.25, -0.2) is 4.98 Å². The number of rotatable bonds is 4. The number of thiazole rings is 1. The van der Waals surface area contributed by atoms with Gasteiger partial charge in [0.15, 0.2) is 0 Å². The SMILES string of the molecule is CC(C)(C)c1csc(COC(=O)Cn2ccc(N)n2)n1. The molecule has 0 atom stereocenters. The van der Waals surface area contributed by atoms with E-state index in [0.717, 1.165) is 10.7 Å². The Morgan fingerprint density at radius 1 is 1.50 bits per heavy atom. The van der Waals surface area contributed by atoms with Crippen LogP contribution in [0.15, 0.2) is 17.6 Å². The number of aromatic nitrogens is 3. The third kappa shape index (κ3) is 3.80. The van der Waals surface area contributed by atoms with Gasteiger partial charge in [-0.3, -0.25) is 9.48 Å². The topological polar surface area (TPSA) is 83.0 Å². The minimum absolute atomic E-state index is 0.00530. The molecule has 2 N–H and O–H groups in total. The number of nitrogens with zero attached hydrogens (tertiary/aromatic N) is 3. The van der Waals surface area contributed by atoms with Crippen molar-refractivity contribution in [2.75, 3.05) is 5.73 Å². The maximum absolute atomic E-state index is 11.7. The number of nitrogen functional groups attached to an aromatic ring is 1. The number of anilines is 1. The molecule has 20 heavy (non-hydrogen) atoms. The lowest BCUT2D eigenvalue weighted by Gasteiger charge is -2.14. The molecule has 2 aromatic heterocycles. The molecule has 0 fully saturated rings. The van der Waals surface area contributed by atoms with Crippen LogP contribution in [0.3, 0.4) is 0 Å². The quantitative estimate of drug-likeness (QED) is 0.872. The smallest absolute Gasteiger partial charge is 0.328 e. The summed E-state index contributed by atoms with van der Waals surface area (Å²) in [6, 6.07) is 1.63. The van der Waals surface area contributed by atoms with Crippen molar-refractivity contribution in [2.24, 2.45) is 0 Å². The van der Waals surface area contributed by atoms with Crippen LogP contribution >= 0.6 is 11.3 Å². The summed E-state index contributed by atoms with van der Waals surface area (Å²) in [6.45, 7) is 6.53. The number of carbonyl (C=O) groups excluding carboxylic acids is 1. The molecule has 0 radical (unpaired) electrons. The summed E-state index contributed by atoms with van der Waals surface area (Å²) >= 11 is 1.50. The van der Waals surface area contributed by atoms with E-state index in [1.807, 2.05) is 5.38 Å². The van der Waals surface area contributed by atoms with Gasteiger partial charge < -0.3 is 10.5 Å². The molecule has 0 saturated heterocycles. The van der Waals surface area contributed by atoms with Gasteiger partial charge in [-0.05, 0) is 6.07 Å². The summed E-state index contributed by atoms with van der Waals surface area (Å²) in [6.07, 6.45) is 1.64. The van der Waals surface area contributed by atoms with Crippen LogP contribution in [0.2, 0.25) is 0 Å². The molecule has 2 aromatic rings. The summed E-state index contributed by atoms with van der Waals surface area (Å²) in [7, 11) is 0. The Morgan fingerprint density at radius 2 is 2.25 bits per heavy atom. The molecule has 0 aliphatic carbocycles. The van der Waals surface area contributed by atoms with Crippen LogP contribution in [0.25, 0.3) is 0 Å². The summed E-state index contributed by atoms with van der Waals surface area (Å²) in [5.74, 6) is 0.0214. The van der Waals surface area contributed by atoms with Crippen molar-refractivity contribution in [2.45, 2.75) is 39.3 Å². The largest absolute Gasteiger partial charge is 0.457 e. The molecule has 2 rings (SSSR count). The summed E-state index contributed by atoms with van der Waals surface area (Å²) < 4.78 is 6.62. The molecular formula is C13H18N4O2S. The molecule has 0 unspecified atom stereocenters. The first kappa shape index (κ1) is 14.5. The molecule has 2 heterocycles. The lowest BCUT2D eigenvalue weighted by atomic mass is 9.93. The van der Waals surface area contributed by atoms with E-state index in [1.54, 1.807) is 12.3 Å². The highest BCUT2D eigenvalue weighted by Crippen LogP contribution is 2.24. The highest BCUT2D eigenvalue weighted by molar-refractivity contribution is 7.09. The van der Waals surface area contributed by atoms with Crippen LogP contribution in [0.5, 0.6) is 0 Å². The van der Waals surface area contributed by atoms with Crippen molar-refractivity contribution in [1.29, 1.82) is 0 Å². The van der Waals surface area contributed by atoms with E-state index >= 15 is 0 Å². The first-order chi connectivity index (χ1) is 9.34. The van der Waals surface area contributed by atoms with Crippen molar-refractivity contribution in [3.63, 3.8) is 0 Å². The van der Waals surface area contributed by atoms with E-state index in [9.17, 15) is 4.79 Å². The highest BCUT2D eigenvalue weighted by atomic mass is 32.1. The minimum Gasteiger partial charge on any atom is -0.457 e. The maximum atomic E-state index is 11.7. The number of carbonyl (C=O) groups is 1. The van der Waals surface area contributed by atoms with Crippen LogP contribution in [-0.4, -0.2) is 20.7 Å². The van der Waals surface area contributed by atoms with Gasteiger partial charge in [-0.2, -0.15) is 5.10 Å². The number of esters is 1. The third-order valence-corrected chi connectivity index (χ3v) is 3.45. The van der Waals surface area contributed by atoms with Gasteiger partial charge in [0.2, 0.25) is 0 Å². The van der Waals surface area contributed by atoms with Gasteiger partial charge in [-0.15, -0.1) is 11.3 Å². The second kappa shape index (κ2) is 5.62. The molecule has 0 aromatic carbocycles. The van der Waals surface area contributed by atoms with Gasteiger partial charge >= 0.3 is 5.97 Å². The van der Waals surface area contributed by atoms with Crippen molar-refractivity contribution < 1.29 is 9.53 Å². The second-order valence-electron chi connectivity index (χ2n) is 5.48. The molecule has 0 bridgehead atoms. The molecule has 0 amide bonds. The maximum Gasteiger partial charge on any atom is 0.328 e. The number of ether oxygens (including phenoxy) is 1. The average Bonchev–Trinajstić information content (AvgIpc) is 2.95. The fourth-order valence-corrected chi connectivity index (χ4v) is 2.44. The summed E-state index contributed by atoms with van der Waals surface area (Å²) in [5.41, 5.74) is 6.48. The monoisotopic (exact) mass is 294 g/mol. The molecule has 0 spiro atoms. The number of hydrogen-bond donors (Lipinski definition) is 1. The summed E-state index contributed by atoms with van der Waals surface area (Å²) in [5, 5.41) is 6.71. The fourth-order valence-electron chi connectivity index (χ4n) is 1.51. The van der Waals surface area contributed by atoms with E-state index in [-0.39, 0.29) is 24.5 Å². The first-order valence-electron chi connectivity index (χ1n) is 6.24. The van der Waals surface area contributed by atoms with Crippen molar-refractivity contribution >= 4 is 23.1 Å². The Labute approximate surface area is 121 Å². The number of hydrogen-bond acceptors (Lipinski definition) is 6. The van der Waals surface area contributed by atoms with Crippen molar-refractivity contribution in [1.82, 2.24) is 14.8 Å². The normalized spacial score (nSPS) is 11.6. The van der Waals surface area contributed by atoms with Crippen LogP contribution in [0.1, 0.15) is 31.5 Å². The van der Waals surface area contributed by atoms with Gasteiger partial charge in [0.25, 0.3) is 0 Å². The minimum atomic E-state index is -0.361. The van der Waals surface area contributed by atoms with Gasteiger partial charge in [0.05, 0.1) is 5.69 Å². The Morgan fingerprint density at radius 3 is 2.80 bits per heavy atom. The van der Waals surface area contributed by atoms with Crippen LogP contribution in [0, 0.1) is 0 Å². The van der Waals surface area contributed by atoms with Crippen LogP contribution < -0.4 is 5.73 Å². The van der Waals surface area contributed by atoms with E-state index in [1.165, 1.54) is 16.0 Å². The van der Waals surface area contributed by atoms with Crippen LogP contribution in [-0.2, 0) is 28.1 Å². The molecule has 0 saturated carbocycles. The lowest BCUT2D eigenvalue weighted by Crippen LogP contribution is -2.14. The molecular weight excluding hydrogens is 276 g/mol. The van der Waals surface area contributed by atoms with E-state index in [0.29, 0.717) is 5.82 Å². The average molecular weight is 294 g/mol. The molecule has 0 aliphatic heterocycles. The zero-order chi connectivity index (χ0) is 14.8. The summed E-state index contributed by atoms with van der Waals surface area (Å²) in [4.78, 5) is 16.1. The Hall–Kier alpha value is -1.89. The number of nitrogens with two attached hydrogens (primary N) is 1. The Balaban J connectivity index is 1.86. The molecule has 7 heteroatoms. The first-order valence-corrected chi connectivity index (χ1v) is 7.12.